The van der Waals surface area contributed by atoms with Crippen molar-refractivity contribution in [3.8, 4) is 0 Å². The number of benzene rings is 1. The summed E-state index contributed by atoms with van der Waals surface area (Å²) in [6.07, 6.45) is 3.80. The average molecular weight is 348 g/mol. The van der Waals surface area contributed by atoms with Gasteiger partial charge in [0.1, 0.15) is 5.65 Å². The van der Waals surface area contributed by atoms with Crippen LogP contribution in [0.25, 0.3) is 11.0 Å². The van der Waals surface area contributed by atoms with E-state index in [0.717, 1.165) is 35.1 Å². The van der Waals surface area contributed by atoms with Crippen LogP contribution in [0.3, 0.4) is 0 Å². The predicted octanol–water partition coefficient (Wildman–Crippen LogP) is 4.88. The highest BCUT2D eigenvalue weighted by atomic mass is 16.4. The smallest absolute Gasteiger partial charge is 0.338 e. The van der Waals surface area contributed by atoms with E-state index in [2.05, 4.69) is 54.6 Å². The summed E-state index contributed by atoms with van der Waals surface area (Å²) in [7, 11) is 0. The summed E-state index contributed by atoms with van der Waals surface area (Å²) in [6.45, 7) is 8.26. The van der Waals surface area contributed by atoms with Gasteiger partial charge in [-0.1, -0.05) is 45.0 Å². The lowest BCUT2D eigenvalue weighted by molar-refractivity contribution is 0.0698. The van der Waals surface area contributed by atoms with Gasteiger partial charge >= 0.3 is 5.97 Å². The van der Waals surface area contributed by atoms with Gasteiger partial charge in [0.25, 0.3) is 0 Å². The van der Waals surface area contributed by atoms with Crippen molar-refractivity contribution in [1.29, 1.82) is 0 Å². The van der Waals surface area contributed by atoms with Crippen LogP contribution >= 0.6 is 0 Å². The van der Waals surface area contributed by atoms with E-state index < -0.39 is 5.97 Å². The predicted molar refractivity (Wildman–Crippen MR) is 103 cm³/mol. The summed E-state index contributed by atoms with van der Waals surface area (Å²) in [5.41, 5.74) is 5.48. The van der Waals surface area contributed by atoms with Crippen molar-refractivity contribution in [3.63, 3.8) is 0 Å². The van der Waals surface area contributed by atoms with E-state index in [9.17, 15) is 9.90 Å². The van der Waals surface area contributed by atoms with Crippen LogP contribution < -0.4 is 0 Å². The first-order valence-corrected chi connectivity index (χ1v) is 9.11. The molecule has 0 saturated carbocycles. The van der Waals surface area contributed by atoms with Gasteiger partial charge in [-0.3, -0.25) is 0 Å². The van der Waals surface area contributed by atoms with Gasteiger partial charge in [0.15, 0.2) is 0 Å². The van der Waals surface area contributed by atoms with Crippen molar-refractivity contribution in [3.05, 3.63) is 64.5 Å². The average Bonchev–Trinajstić information content (AvgIpc) is 3.11. The van der Waals surface area contributed by atoms with Gasteiger partial charge in [0.05, 0.1) is 11.6 Å². The largest absolute Gasteiger partial charge is 0.478 e. The number of carboxylic acid groups (broad SMARTS) is 1. The Morgan fingerprint density at radius 1 is 1.23 bits per heavy atom. The molecule has 1 unspecified atom stereocenters. The molecule has 2 aromatic heterocycles. The van der Waals surface area contributed by atoms with Gasteiger partial charge in [-0.2, -0.15) is 0 Å². The van der Waals surface area contributed by atoms with Crippen LogP contribution in [0, 0.1) is 6.92 Å². The fourth-order valence-corrected chi connectivity index (χ4v) is 4.41. The highest BCUT2D eigenvalue weighted by Gasteiger charge is 2.32. The molecule has 26 heavy (non-hydrogen) atoms. The van der Waals surface area contributed by atoms with Gasteiger partial charge < -0.3 is 9.67 Å². The normalized spacial score (nSPS) is 16.8. The second-order valence-corrected chi connectivity index (χ2v) is 8.20. The molecule has 4 nitrogen and oxygen atoms in total. The number of pyridine rings is 1. The zero-order chi connectivity index (χ0) is 18.6. The van der Waals surface area contributed by atoms with Crippen molar-refractivity contribution in [2.24, 2.45) is 0 Å². The zero-order valence-corrected chi connectivity index (χ0v) is 15.7. The minimum atomic E-state index is -0.879. The summed E-state index contributed by atoms with van der Waals surface area (Å²) in [5.74, 6) is -0.879. The molecule has 0 fully saturated rings. The molecule has 3 aromatic rings. The molecule has 0 amide bonds. The minimum absolute atomic E-state index is 0.143. The fourth-order valence-electron chi connectivity index (χ4n) is 4.41. The Morgan fingerprint density at radius 3 is 2.65 bits per heavy atom. The standard InChI is InChI=1S/C22H24N2O2/c1-13-18(21(25)26)19-16(22(2,3)4)11-12-23-20(19)24(13)17-10-9-14-7-5-6-8-15(14)17/h5-8,11-12,17H,9-10H2,1-4H3,(H,25,26). The lowest BCUT2D eigenvalue weighted by Crippen LogP contribution is -2.13. The molecule has 134 valence electrons. The van der Waals surface area contributed by atoms with Crippen molar-refractivity contribution in [2.75, 3.05) is 0 Å². The summed E-state index contributed by atoms with van der Waals surface area (Å²) in [6, 6.07) is 10.6. The number of carbonyl (C=O) groups is 1. The first kappa shape index (κ1) is 16.8. The molecular formula is C22H24N2O2. The zero-order valence-electron chi connectivity index (χ0n) is 15.7. The van der Waals surface area contributed by atoms with E-state index >= 15 is 0 Å². The number of fused-ring (bicyclic) bond motifs is 2. The van der Waals surface area contributed by atoms with Crippen molar-refractivity contribution in [2.45, 2.75) is 52.0 Å². The maximum atomic E-state index is 12.1. The van der Waals surface area contributed by atoms with Crippen LogP contribution in [0.2, 0.25) is 0 Å². The van der Waals surface area contributed by atoms with Crippen LogP contribution in [0.1, 0.15) is 66.0 Å². The first-order chi connectivity index (χ1) is 12.3. The number of aromatic nitrogens is 2. The summed E-state index contributed by atoms with van der Waals surface area (Å²) in [4.78, 5) is 16.8. The second-order valence-electron chi connectivity index (χ2n) is 8.20. The van der Waals surface area contributed by atoms with Gasteiger partial charge in [0, 0.05) is 17.3 Å². The van der Waals surface area contributed by atoms with Gasteiger partial charge in [-0.05, 0) is 47.9 Å². The maximum Gasteiger partial charge on any atom is 0.338 e. The molecule has 0 radical (unpaired) electrons. The van der Waals surface area contributed by atoms with Crippen molar-refractivity contribution >= 4 is 17.0 Å². The fraction of sp³-hybridized carbons (Fsp3) is 0.364. The Balaban J connectivity index is 2.07. The summed E-state index contributed by atoms with van der Waals surface area (Å²) in [5, 5.41) is 10.8. The molecule has 0 saturated heterocycles. The first-order valence-electron chi connectivity index (χ1n) is 9.11. The van der Waals surface area contributed by atoms with Gasteiger partial charge in [-0.15, -0.1) is 0 Å². The number of carboxylic acids is 1. The van der Waals surface area contributed by atoms with Crippen LogP contribution in [-0.2, 0) is 11.8 Å². The molecule has 0 bridgehead atoms. The van der Waals surface area contributed by atoms with Crippen LogP contribution in [-0.4, -0.2) is 20.6 Å². The minimum Gasteiger partial charge on any atom is -0.478 e. The molecule has 0 spiro atoms. The number of aromatic carboxylic acids is 1. The Morgan fingerprint density at radius 2 is 1.96 bits per heavy atom. The van der Waals surface area contributed by atoms with Crippen LogP contribution in [0.15, 0.2) is 36.5 Å². The highest BCUT2D eigenvalue weighted by Crippen LogP contribution is 2.41. The molecule has 0 aliphatic heterocycles. The second kappa shape index (κ2) is 5.70. The number of hydrogen-bond acceptors (Lipinski definition) is 2. The van der Waals surface area contributed by atoms with E-state index in [0.29, 0.717) is 5.56 Å². The lowest BCUT2D eigenvalue weighted by Gasteiger charge is -2.21. The number of rotatable bonds is 2. The van der Waals surface area contributed by atoms with E-state index in [1.54, 1.807) is 0 Å². The van der Waals surface area contributed by atoms with Crippen molar-refractivity contribution in [1.82, 2.24) is 9.55 Å². The summed E-state index contributed by atoms with van der Waals surface area (Å²) < 4.78 is 2.15. The van der Waals surface area contributed by atoms with E-state index in [4.69, 9.17) is 0 Å². The number of hydrogen-bond donors (Lipinski definition) is 1. The van der Waals surface area contributed by atoms with Gasteiger partial charge in [-0.25, -0.2) is 9.78 Å². The molecule has 4 heteroatoms. The molecule has 1 aliphatic carbocycles. The molecule has 1 aromatic carbocycles. The maximum absolute atomic E-state index is 12.1. The third-order valence-corrected chi connectivity index (χ3v) is 5.57. The number of aryl methyl sites for hydroxylation is 1. The highest BCUT2D eigenvalue weighted by molar-refractivity contribution is 6.05. The monoisotopic (exact) mass is 348 g/mol. The molecule has 4 rings (SSSR count). The Kier molecular flexibility index (Phi) is 3.69. The lowest BCUT2D eigenvalue weighted by atomic mass is 9.84. The van der Waals surface area contributed by atoms with E-state index in [1.165, 1.54) is 11.1 Å². The topological polar surface area (TPSA) is 55.1 Å². The molecule has 1 N–H and O–H groups in total. The molecular weight excluding hydrogens is 324 g/mol. The summed E-state index contributed by atoms with van der Waals surface area (Å²) >= 11 is 0. The van der Waals surface area contributed by atoms with Crippen LogP contribution in [0.5, 0.6) is 0 Å². The molecule has 2 heterocycles. The van der Waals surface area contributed by atoms with E-state index in [-0.39, 0.29) is 11.5 Å². The van der Waals surface area contributed by atoms with Crippen molar-refractivity contribution < 1.29 is 9.90 Å². The SMILES string of the molecule is Cc1c(C(=O)O)c2c(C(C)(C)C)ccnc2n1C1CCc2ccccc21. The Hall–Kier alpha value is -2.62. The third kappa shape index (κ3) is 2.36. The van der Waals surface area contributed by atoms with E-state index in [1.807, 2.05) is 19.2 Å². The quantitative estimate of drug-likeness (QED) is 0.718. The Bertz CT molecular complexity index is 1020. The third-order valence-electron chi connectivity index (χ3n) is 5.57. The number of nitrogens with zero attached hydrogens (tertiary/aromatic N) is 2. The molecule has 1 atom stereocenters. The van der Waals surface area contributed by atoms with Crippen LogP contribution in [0.4, 0.5) is 0 Å². The van der Waals surface area contributed by atoms with Gasteiger partial charge in [0.2, 0.25) is 0 Å². The molecule has 1 aliphatic rings. The Labute approximate surface area is 153 Å².